The molecular formula is C16H30F6N2O4S2. The number of sulfonamides is 2. The van der Waals surface area contributed by atoms with Crippen LogP contribution < -0.4 is 4.90 Å². The van der Waals surface area contributed by atoms with Gasteiger partial charge in [0.25, 0.3) is 0 Å². The fourth-order valence-corrected chi connectivity index (χ4v) is 4.70. The van der Waals surface area contributed by atoms with Gasteiger partial charge in [-0.25, -0.2) is 16.8 Å². The summed E-state index contributed by atoms with van der Waals surface area (Å²) in [5.41, 5.74) is -12.4. The molecule has 6 nitrogen and oxygen atoms in total. The molecule has 1 saturated heterocycles. The number of hydrogen-bond acceptors (Lipinski definition) is 4. The summed E-state index contributed by atoms with van der Waals surface area (Å²) in [6, 6.07) is 0.917. The summed E-state index contributed by atoms with van der Waals surface area (Å²) in [6.07, 6.45) is 10.1. The molecule has 0 aromatic heterocycles. The Morgan fingerprint density at radius 1 is 0.833 bits per heavy atom. The van der Waals surface area contributed by atoms with Crippen LogP contribution in [0.4, 0.5) is 26.3 Å². The normalized spacial score (nSPS) is 23.2. The van der Waals surface area contributed by atoms with Crippen molar-refractivity contribution in [3.8, 4) is 0 Å². The minimum atomic E-state index is -6.72. The summed E-state index contributed by atoms with van der Waals surface area (Å²) in [7, 11) is -13.4. The third-order valence-electron chi connectivity index (χ3n) is 5.05. The Morgan fingerprint density at radius 3 is 1.63 bits per heavy atom. The minimum absolute atomic E-state index is 0.778. The second-order valence-electron chi connectivity index (χ2n) is 7.40. The molecule has 0 amide bonds. The van der Waals surface area contributed by atoms with Crippen LogP contribution in [-0.2, 0) is 20.0 Å². The molecule has 1 aliphatic heterocycles. The van der Waals surface area contributed by atoms with Crippen LogP contribution in [0.2, 0.25) is 0 Å². The third-order valence-corrected chi connectivity index (χ3v) is 7.79. The highest BCUT2D eigenvalue weighted by Gasteiger charge is 2.46. The van der Waals surface area contributed by atoms with Crippen molar-refractivity contribution in [1.29, 1.82) is 0 Å². The second-order valence-corrected chi connectivity index (χ2v) is 10.8. The molecule has 3 unspecified atom stereocenters. The average molecular weight is 493 g/mol. The van der Waals surface area contributed by atoms with Crippen molar-refractivity contribution in [2.75, 3.05) is 13.1 Å². The molecule has 14 heteroatoms. The molecule has 0 aromatic rings. The van der Waals surface area contributed by atoms with Crippen LogP contribution in [0.5, 0.6) is 0 Å². The Kier molecular flexibility index (Phi) is 11.6. The predicted molar refractivity (Wildman–Crippen MR) is 101 cm³/mol. The van der Waals surface area contributed by atoms with Gasteiger partial charge in [-0.05, 0) is 19.8 Å². The fraction of sp³-hybridized carbons (Fsp3) is 1.00. The summed E-state index contributed by atoms with van der Waals surface area (Å²) >= 11 is 0. The number of quaternary nitrogens is 1. The zero-order valence-electron chi connectivity index (χ0n) is 17.2. The standard InChI is InChI=1S/C14H29N.C2F6NO4S2/c1-4-5-6-7-8-9-11-15-12-10-13(2)14(15)3;3-1(4,5)14(10,11)9-15(12,13)2(6,7)8/h13-14H,4-12H2,1-3H3;/q;-1/p+1. The first-order valence-electron chi connectivity index (χ1n) is 9.67. The molecule has 0 radical (unpaired) electrons. The molecule has 1 heterocycles. The van der Waals surface area contributed by atoms with Crippen LogP contribution in [0.25, 0.3) is 4.13 Å². The highest BCUT2D eigenvalue weighted by molar-refractivity contribution is 8.13. The molecular weight excluding hydrogens is 462 g/mol. The van der Waals surface area contributed by atoms with Crippen LogP contribution in [-0.4, -0.2) is 47.0 Å². The topological polar surface area (TPSA) is 86.8 Å². The number of rotatable bonds is 9. The number of nitrogens with zero attached hydrogens (tertiary/aromatic N) is 1. The first-order chi connectivity index (χ1) is 13.5. The maximum Gasteiger partial charge on any atom is 0.480 e. The van der Waals surface area contributed by atoms with Gasteiger partial charge in [-0.2, -0.15) is 26.3 Å². The van der Waals surface area contributed by atoms with Gasteiger partial charge >= 0.3 is 11.0 Å². The van der Waals surface area contributed by atoms with Gasteiger partial charge in [-0.1, -0.05) is 39.5 Å². The van der Waals surface area contributed by atoms with Crippen LogP contribution in [0.15, 0.2) is 0 Å². The lowest BCUT2D eigenvalue weighted by Crippen LogP contribution is -3.13. The van der Waals surface area contributed by atoms with Crippen LogP contribution in [0.3, 0.4) is 0 Å². The number of halogens is 6. The summed E-state index contributed by atoms with van der Waals surface area (Å²) in [6.45, 7) is 10.00. The van der Waals surface area contributed by atoms with Crippen molar-refractivity contribution in [2.24, 2.45) is 5.92 Å². The molecule has 0 bridgehead atoms. The van der Waals surface area contributed by atoms with E-state index in [0.29, 0.717) is 0 Å². The molecule has 182 valence electrons. The van der Waals surface area contributed by atoms with Crippen molar-refractivity contribution >= 4 is 20.0 Å². The van der Waals surface area contributed by atoms with Crippen molar-refractivity contribution in [2.45, 2.75) is 82.8 Å². The van der Waals surface area contributed by atoms with Crippen LogP contribution >= 0.6 is 0 Å². The van der Waals surface area contributed by atoms with Gasteiger partial charge in [0.05, 0.1) is 19.1 Å². The Bertz CT molecular complexity index is 666. The summed E-state index contributed by atoms with van der Waals surface area (Å²) in [4.78, 5) is 1.87. The molecule has 0 saturated carbocycles. The first kappa shape index (κ1) is 29.4. The SMILES string of the molecule is CCCCCCCC[NH+]1CCC(C)C1C.O=S(=O)([N-]S(=O)(=O)C(F)(F)F)C(F)(F)F. The molecule has 1 fully saturated rings. The molecule has 3 atom stereocenters. The fourth-order valence-electron chi connectivity index (χ4n) is 2.99. The molecule has 1 rings (SSSR count). The van der Waals surface area contributed by atoms with E-state index in [0.717, 1.165) is 16.1 Å². The van der Waals surface area contributed by atoms with E-state index >= 15 is 0 Å². The monoisotopic (exact) mass is 492 g/mol. The van der Waals surface area contributed by atoms with Gasteiger partial charge in [0.2, 0.25) is 0 Å². The van der Waals surface area contributed by atoms with Gasteiger partial charge in [0.15, 0.2) is 20.0 Å². The smallest absolute Gasteiger partial charge is 0.421 e. The lowest BCUT2D eigenvalue weighted by Gasteiger charge is -2.22. The van der Waals surface area contributed by atoms with Crippen LogP contribution in [0.1, 0.15) is 65.7 Å². The molecule has 30 heavy (non-hydrogen) atoms. The second kappa shape index (κ2) is 11.9. The Balaban J connectivity index is 0.000000561. The zero-order valence-corrected chi connectivity index (χ0v) is 18.8. The van der Waals surface area contributed by atoms with E-state index in [4.69, 9.17) is 0 Å². The van der Waals surface area contributed by atoms with Gasteiger partial charge in [0, 0.05) is 12.3 Å². The number of likely N-dealkylation sites (tertiary alicyclic amines) is 1. The van der Waals surface area contributed by atoms with Gasteiger partial charge in [0.1, 0.15) is 0 Å². The minimum Gasteiger partial charge on any atom is -0.421 e. The molecule has 0 spiro atoms. The molecule has 1 N–H and O–H groups in total. The molecule has 0 aliphatic carbocycles. The summed E-state index contributed by atoms with van der Waals surface area (Å²) in [5, 5.41) is 0. The third kappa shape index (κ3) is 9.69. The summed E-state index contributed by atoms with van der Waals surface area (Å²) < 4.78 is 109. The number of hydrogen-bond donors (Lipinski definition) is 1. The first-order valence-corrected chi connectivity index (χ1v) is 12.6. The Hall–Kier alpha value is -0.600. The predicted octanol–water partition coefficient (Wildman–Crippen LogP) is 3.72. The maximum absolute atomic E-state index is 11.4. The number of nitrogens with one attached hydrogen (secondary N) is 1. The highest BCUT2D eigenvalue weighted by Crippen LogP contribution is 2.36. The average Bonchev–Trinajstić information content (AvgIpc) is 2.87. The van der Waals surface area contributed by atoms with E-state index < -0.39 is 31.1 Å². The van der Waals surface area contributed by atoms with E-state index in [1.54, 1.807) is 0 Å². The zero-order chi connectivity index (χ0) is 23.8. The van der Waals surface area contributed by atoms with E-state index in [-0.39, 0.29) is 0 Å². The van der Waals surface area contributed by atoms with Crippen molar-refractivity contribution < 1.29 is 48.1 Å². The van der Waals surface area contributed by atoms with E-state index in [1.165, 1.54) is 58.0 Å². The number of unbranched alkanes of at least 4 members (excludes halogenated alkanes) is 5. The highest BCUT2D eigenvalue weighted by atomic mass is 32.3. The van der Waals surface area contributed by atoms with Crippen molar-refractivity contribution in [3.63, 3.8) is 0 Å². The van der Waals surface area contributed by atoms with Crippen molar-refractivity contribution in [3.05, 3.63) is 4.13 Å². The Morgan fingerprint density at radius 2 is 1.27 bits per heavy atom. The van der Waals surface area contributed by atoms with Gasteiger partial charge < -0.3 is 9.03 Å². The van der Waals surface area contributed by atoms with E-state index in [9.17, 15) is 43.2 Å². The Labute approximate surface area is 174 Å². The van der Waals surface area contributed by atoms with Crippen molar-refractivity contribution in [1.82, 2.24) is 0 Å². The van der Waals surface area contributed by atoms with Gasteiger partial charge in [-0.15, -0.1) is 0 Å². The molecule has 0 aromatic carbocycles. The van der Waals surface area contributed by atoms with Crippen LogP contribution in [0, 0.1) is 5.92 Å². The lowest BCUT2D eigenvalue weighted by atomic mass is 10.1. The quantitative estimate of drug-likeness (QED) is 0.393. The number of alkyl halides is 6. The van der Waals surface area contributed by atoms with Gasteiger partial charge in [-0.3, -0.25) is 0 Å². The largest absolute Gasteiger partial charge is 0.480 e. The van der Waals surface area contributed by atoms with E-state index in [2.05, 4.69) is 20.8 Å². The molecule has 1 aliphatic rings. The summed E-state index contributed by atoms with van der Waals surface area (Å²) in [5.74, 6) is 0.958. The van der Waals surface area contributed by atoms with E-state index in [1.807, 2.05) is 4.90 Å². The maximum atomic E-state index is 11.4. The lowest BCUT2D eigenvalue weighted by molar-refractivity contribution is -0.912.